The first kappa shape index (κ1) is 12.6. The lowest BCUT2D eigenvalue weighted by molar-refractivity contribution is -0.192. The van der Waals surface area contributed by atoms with Crippen molar-refractivity contribution in [2.45, 2.75) is 43.5 Å². The molecule has 3 heteroatoms. The van der Waals surface area contributed by atoms with Crippen molar-refractivity contribution in [1.29, 1.82) is 0 Å². The van der Waals surface area contributed by atoms with Crippen molar-refractivity contribution in [2.24, 2.45) is 0 Å². The molecule has 1 aromatic carbocycles. The zero-order valence-electron chi connectivity index (χ0n) is 10.8. The van der Waals surface area contributed by atoms with Gasteiger partial charge in [-0.15, -0.1) is 0 Å². The van der Waals surface area contributed by atoms with Gasteiger partial charge in [-0.1, -0.05) is 43.2 Å². The third-order valence-electron chi connectivity index (χ3n) is 4.22. The highest BCUT2D eigenvalue weighted by Gasteiger charge is 2.50. The van der Waals surface area contributed by atoms with Gasteiger partial charge in [0, 0.05) is 5.92 Å². The summed E-state index contributed by atoms with van der Waals surface area (Å²) in [5, 5.41) is 9.75. The van der Waals surface area contributed by atoms with Crippen molar-refractivity contribution >= 4 is 5.78 Å². The van der Waals surface area contributed by atoms with Crippen LogP contribution in [0.5, 0.6) is 0 Å². The van der Waals surface area contributed by atoms with E-state index in [1.807, 2.05) is 30.3 Å². The maximum absolute atomic E-state index is 12.4. The Balaban J connectivity index is 2.02. The molecule has 1 spiro atoms. The number of rotatable bonds is 1. The molecule has 3 atom stereocenters. The van der Waals surface area contributed by atoms with Crippen LogP contribution in [0.15, 0.2) is 42.5 Å². The van der Waals surface area contributed by atoms with Crippen molar-refractivity contribution in [2.75, 3.05) is 0 Å². The molecule has 3 rings (SSSR count). The minimum atomic E-state index is -0.970. The molecule has 1 heterocycles. The Labute approximate surface area is 112 Å². The van der Waals surface area contributed by atoms with E-state index in [4.69, 9.17) is 4.74 Å². The topological polar surface area (TPSA) is 46.5 Å². The summed E-state index contributed by atoms with van der Waals surface area (Å²) in [6.45, 7) is 0. The minimum Gasteiger partial charge on any atom is -0.365 e. The Morgan fingerprint density at radius 3 is 2.79 bits per heavy atom. The predicted octanol–water partition coefficient (Wildman–Crippen LogP) is 2.56. The molecular weight excluding hydrogens is 240 g/mol. The summed E-state index contributed by atoms with van der Waals surface area (Å²) >= 11 is 0. The number of aliphatic hydroxyl groups is 1. The number of carbonyl (C=O) groups is 1. The van der Waals surface area contributed by atoms with Gasteiger partial charge in [0.15, 0.2) is 12.1 Å². The number of carbonyl (C=O) groups excluding carboxylic acids is 1. The second kappa shape index (κ2) is 4.91. The Morgan fingerprint density at radius 1 is 1.21 bits per heavy atom. The van der Waals surface area contributed by atoms with E-state index in [1.54, 1.807) is 0 Å². The average molecular weight is 258 g/mol. The summed E-state index contributed by atoms with van der Waals surface area (Å²) in [7, 11) is 0. The Bertz CT molecular complexity index is 494. The van der Waals surface area contributed by atoms with Gasteiger partial charge in [0.25, 0.3) is 0 Å². The summed E-state index contributed by atoms with van der Waals surface area (Å²) in [5.41, 5.74) is 0.256. The monoisotopic (exact) mass is 258 g/mol. The number of ether oxygens (including phenoxy) is 1. The third kappa shape index (κ3) is 2.13. The van der Waals surface area contributed by atoms with Crippen molar-refractivity contribution in [3.8, 4) is 0 Å². The molecule has 1 aromatic rings. The molecule has 1 N–H and O–H groups in total. The van der Waals surface area contributed by atoms with E-state index < -0.39 is 11.9 Å². The first-order valence-electron chi connectivity index (χ1n) is 6.86. The largest absolute Gasteiger partial charge is 0.365 e. The van der Waals surface area contributed by atoms with Crippen LogP contribution < -0.4 is 0 Å². The van der Waals surface area contributed by atoms with Crippen LogP contribution in [0.1, 0.15) is 37.2 Å². The molecule has 0 bridgehead atoms. The van der Waals surface area contributed by atoms with Crippen molar-refractivity contribution < 1.29 is 14.6 Å². The molecule has 1 saturated carbocycles. The third-order valence-corrected chi connectivity index (χ3v) is 4.22. The second-order valence-corrected chi connectivity index (χ2v) is 5.33. The molecule has 3 nitrogen and oxygen atoms in total. The predicted molar refractivity (Wildman–Crippen MR) is 71.6 cm³/mol. The molecule has 0 amide bonds. The fourth-order valence-electron chi connectivity index (χ4n) is 3.32. The van der Waals surface area contributed by atoms with Crippen molar-refractivity contribution in [3.05, 3.63) is 48.0 Å². The van der Waals surface area contributed by atoms with Crippen LogP contribution in [0, 0.1) is 0 Å². The van der Waals surface area contributed by atoms with E-state index in [-0.39, 0.29) is 11.7 Å². The summed E-state index contributed by atoms with van der Waals surface area (Å²) in [6, 6.07) is 10.0. The van der Waals surface area contributed by atoms with E-state index in [9.17, 15) is 9.90 Å². The van der Waals surface area contributed by atoms with Crippen molar-refractivity contribution in [1.82, 2.24) is 0 Å². The van der Waals surface area contributed by atoms with Crippen LogP contribution >= 0.6 is 0 Å². The van der Waals surface area contributed by atoms with Gasteiger partial charge in [-0.3, -0.25) is 4.79 Å². The van der Waals surface area contributed by atoms with Gasteiger partial charge < -0.3 is 9.84 Å². The summed E-state index contributed by atoms with van der Waals surface area (Å²) in [6.07, 6.45) is 5.61. The van der Waals surface area contributed by atoms with Crippen LogP contribution in [0.4, 0.5) is 0 Å². The maximum Gasteiger partial charge on any atom is 0.188 e. The highest BCUT2D eigenvalue weighted by atomic mass is 16.6. The van der Waals surface area contributed by atoms with E-state index in [0.717, 1.165) is 24.8 Å². The fraction of sp³-hybridized carbons (Fsp3) is 0.438. The average Bonchev–Trinajstić information content (AvgIpc) is 2.45. The number of aliphatic hydroxyl groups excluding tert-OH is 1. The minimum absolute atomic E-state index is 0.00801. The van der Waals surface area contributed by atoms with Gasteiger partial charge in [-0.05, 0) is 30.6 Å². The molecule has 2 aliphatic rings. The Hall–Kier alpha value is -1.45. The molecular formula is C16H18O3. The second-order valence-electron chi connectivity index (χ2n) is 5.33. The molecule has 0 radical (unpaired) electrons. The van der Waals surface area contributed by atoms with Gasteiger partial charge in [0.2, 0.25) is 0 Å². The Morgan fingerprint density at radius 2 is 2.00 bits per heavy atom. The van der Waals surface area contributed by atoms with Gasteiger partial charge in [-0.2, -0.15) is 0 Å². The summed E-state index contributed by atoms with van der Waals surface area (Å²) in [5.74, 6) is 0.0286. The molecule has 0 saturated heterocycles. The van der Waals surface area contributed by atoms with E-state index in [2.05, 4.69) is 0 Å². The van der Waals surface area contributed by atoms with E-state index >= 15 is 0 Å². The lowest BCUT2D eigenvalue weighted by Gasteiger charge is -2.44. The first-order valence-corrected chi connectivity index (χ1v) is 6.86. The number of hydrogen-bond donors (Lipinski definition) is 1. The normalized spacial score (nSPS) is 34.7. The van der Waals surface area contributed by atoms with Crippen LogP contribution in [0.2, 0.25) is 0 Å². The Kier molecular flexibility index (Phi) is 3.25. The van der Waals surface area contributed by atoms with Gasteiger partial charge >= 0.3 is 0 Å². The van der Waals surface area contributed by atoms with E-state index in [0.29, 0.717) is 6.42 Å². The van der Waals surface area contributed by atoms with Crippen LogP contribution in [-0.4, -0.2) is 22.8 Å². The first-order chi connectivity index (χ1) is 9.22. The van der Waals surface area contributed by atoms with Gasteiger partial charge in [0.05, 0.1) is 0 Å². The number of hydrogen-bond acceptors (Lipinski definition) is 3. The quantitative estimate of drug-likeness (QED) is 0.842. The zero-order valence-corrected chi connectivity index (χ0v) is 10.8. The summed E-state index contributed by atoms with van der Waals surface area (Å²) in [4.78, 5) is 12.4. The molecule has 1 unspecified atom stereocenters. The SMILES string of the molecule is O=C1C=CC(O)O[C@]12CCCC[C@H]2c1ccccc1. The highest BCUT2D eigenvalue weighted by Crippen LogP contribution is 2.45. The van der Waals surface area contributed by atoms with Crippen LogP contribution in [0.25, 0.3) is 0 Å². The lowest BCUT2D eigenvalue weighted by atomic mass is 9.69. The van der Waals surface area contributed by atoms with Gasteiger partial charge in [0.1, 0.15) is 5.60 Å². The zero-order chi connectivity index (χ0) is 13.3. The molecule has 19 heavy (non-hydrogen) atoms. The lowest BCUT2D eigenvalue weighted by Crippen LogP contribution is -2.52. The summed E-state index contributed by atoms with van der Waals surface area (Å²) < 4.78 is 5.71. The molecule has 1 aliphatic carbocycles. The van der Waals surface area contributed by atoms with Crippen LogP contribution in [0.3, 0.4) is 0 Å². The standard InChI is InChI=1S/C16H18O3/c17-14-9-10-15(18)19-16(14)11-5-4-8-13(16)12-6-2-1-3-7-12/h1-3,6-7,9-10,13,15,18H,4-5,8,11H2/t13-,15?,16-/m0/s1. The number of benzene rings is 1. The van der Waals surface area contributed by atoms with Gasteiger partial charge in [-0.25, -0.2) is 0 Å². The number of ketones is 1. The van der Waals surface area contributed by atoms with E-state index in [1.165, 1.54) is 12.2 Å². The fourth-order valence-corrected chi connectivity index (χ4v) is 3.32. The smallest absolute Gasteiger partial charge is 0.188 e. The molecule has 0 aromatic heterocycles. The maximum atomic E-state index is 12.4. The molecule has 1 fully saturated rings. The van der Waals surface area contributed by atoms with Crippen molar-refractivity contribution in [3.63, 3.8) is 0 Å². The molecule has 100 valence electrons. The highest BCUT2D eigenvalue weighted by molar-refractivity contribution is 5.98. The molecule has 1 aliphatic heterocycles. The van der Waals surface area contributed by atoms with Crippen LogP contribution in [-0.2, 0) is 9.53 Å².